The molecule has 0 aliphatic carbocycles. The number of halogens is 1. The van der Waals surface area contributed by atoms with Crippen molar-refractivity contribution in [1.82, 2.24) is 15.2 Å². The number of rotatable bonds is 4. The van der Waals surface area contributed by atoms with Crippen molar-refractivity contribution in [3.63, 3.8) is 0 Å². The van der Waals surface area contributed by atoms with Gasteiger partial charge in [-0.3, -0.25) is 10.1 Å². The molecule has 110 valence electrons. The van der Waals surface area contributed by atoms with Crippen LogP contribution in [0, 0.1) is 0 Å². The number of nitrogens with one attached hydrogen (secondary N) is 2. The van der Waals surface area contributed by atoms with Crippen LogP contribution in [0.5, 0.6) is 0 Å². The summed E-state index contributed by atoms with van der Waals surface area (Å²) in [4.78, 5) is 15.1. The van der Waals surface area contributed by atoms with Gasteiger partial charge in [0.15, 0.2) is 0 Å². The normalized spacial score (nSPS) is 11.9. The molecule has 0 radical (unpaired) electrons. The van der Waals surface area contributed by atoms with Gasteiger partial charge in [0.25, 0.3) is 0 Å². The number of amides is 1. The summed E-state index contributed by atoms with van der Waals surface area (Å²) in [6.07, 6.45) is 2.36. The third-order valence-electron chi connectivity index (χ3n) is 3.04. The first-order valence-electron chi connectivity index (χ1n) is 6.11. The fraction of sp³-hybridized carbons (Fsp3) is 0.154. The van der Waals surface area contributed by atoms with Crippen molar-refractivity contribution < 1.29 is 4.79 Å². The van der Waals surface area contributed by atoms with Crippen molar-refractivity contribution in [2.45, 2.75) is 12.5 Å². The van der Waals surface area contributed by atoms with Crippen molar-refractivity contribution in [1.29, 1.82) is 0 Å². The summed E-state index contributed by atoms with van der Waals surface area (Å²) >= 11 is 1.26. The minimum absolute atomic E-state index is 0. The van der Waals surface area contributed by atoms with Gasteiger partial charge in [0, 0.05) is 17.1 Å². The first-order chi connectivity index (χ1) is 9.74. The van der Waals surface area contributed by atoms with Crippen LogP contribution >= 0.6 is 23.7 Å². The molecule has 1 aromatic carbocycles. The number of carbonyl (C=O) groups excluding carboxylic acids is 1. The van der Waals surface area contributed by atoms with Gasteiger partial charge in [-0.25, -0.2) is 0 Å². The predicted molar refractivity (Wildman–Crippen MR) is 85.8 cm³/mol. The monoisotopic (exact) mass is 323 g/mol. The first kappa shape index (κ1) is 15.4. The predicted octanol–water partition coefficient (Wildman–Crippen LogP) is 1.95. The Hall–Kier alpha value is -1.96. The van der Waals surface area contributed by atoms with Crippen molar-refractivity contribution in [2.75, 3.05) is 5.32 Å². The molecule has 0 aliphatic rings. The fourth-order valence-corrected chi connectivity index (χ4v) is 2.50. The van der Waals surface area contributed by atoms with Gasteiger partial charge in [-0.15, -0.1) is 22.6 Å². The Bertz CT molecular complexity index is 727. The molecule has 0 saturated heterocycles. The lowest BCUT2D eigenvalue weighted by Gasteiger charge is -2.09. The second-order valence-electron chi connectivity index (χ2n) is 4.40. The third kappa shape index (κ3) is 3.38. The van der Waals surface area contributed by atoms with E-state index in [-0.39, 0.29) is 18.3 Å². The molecule has 8 heteroatoms. The van der Waals surface area contributed by atoms with E-state index in [1.165, 1.54) is 11.3 Å². The van der Waals surface area contributed by atoms with E-state index in [4.69, 9.17) is 5.73 Å². The number of aromatic nitrogens is 3. The Labute approximate surface area is 131 Å². The zero-order chi connectivity index (χ0) is 13.9. The van der Waals surface area contributed by atoms with Gasteiger partial charge in [0.1, 0.15) is 5.51 Å². The summed E-state index contributed by atoms with van der Waals surface area (Å²) in [5, 5.41) is 11.6. The van der Waals surface area contributed by atoms with Crippen LogP contribution in [0.4, 0.5) is 5.13 Å². The van der Waals surface area contributed by atoms with E-state index in [0.717, 1.165) is 16.5 Å². The van der Waals surface area contributed by atoms with Crippen LogP contribution in [0.2, 0.25) is 0 Å². The second-order valence-corrected chi connectivity index (χ2v) is 5.24. The lowest BCUT2D eigenvalue weighted by atomic mass is 10.1. The van der Waals surface area contributed by atoms with Gasteiger partial charge < -0.3 is 10.7 Å². The number of hydrogen-bond acceptors (Lipinski definition) is 5. The summed E-state index contributed by atoms with van der Waals surface area (Å²) in [5.74, 6) is -0.257. The van der Waals surface area contributed by atoms with Crippen LogP contribution in [0.1, 0.15) is 5.56 Å². The number of aromatic amines is 1. The minimum Gasteiger partial charge on any atom is -0.361 e. The van der Waals surface area contributed by atoms with E-state index < -0.39 is 6.04 Å². The van der Waals surface area contributed by atoms with E-state index in [1.807, 2.05) is 30.5 Å². The molecule has 4 N–H and O–H groups in total. The van der Waals surface area contributed by atoms with Gasteiger partial charge in [0.05, 0.1) is 6.04 Å². The maximum atomic E-state index is 12.0. The van der Waals surface area contributed by atoms with E-state index in [9.17, 15) is 4.79 Å². The minimum atomic E-state index is -0.627. The number of carbonyl (C=O) groups is 1. The molecule has 21 heavy (non-hydrogen) atoms. The molecule has 3 rings (SSSR count). The maximum Gasteiger partial charge on any atom is 0.243 e. The van der Waals surface area contributed by atoms with Crippen LogP contribution in [0.25, 0.3) is 10.9 Å². The number of para-hydroxylation sites is 1. The molecule has 0 bridgehead atoms. The Kier molecular flexibility index (Phi) is 4.89. The Morgan fingerprint density at radius 1 is 1.43 bits per heavy atom. The van der Waals surface area contributed by atoms with Crippen LogP contribution in [0.15, 0.2) is 36.0 Å². The highest BCUT2D eigenvalue weighted by molar-refractivity contribution is 7.13. The van der Waals surface area contributed by atoms with E-state index in [2.05, 4.69) is 20.5 Å². The van der Waals surface area contributed by atoms with Crippen LogP contribution in [-0.4, -0.2) is 27.1 Å². The highest BCUT2D eigenvalue weighted by Crippen LogP contribution is 2.19. The van der Waals surface area contributed by atoms with Crippen molar-refractivity contribution in [2.24, 2.45) is 5.73 Å². The zero-order valence-electron chi connectivity index (χ0n) is 10.9. The highest BCUT2D eigenvalue weighted by Gasteiger charge is 2.17. The van der Waals surface area contributed by atoms with Gasteiger partial charge in [-0.1, -0.05) is 29.5 Å². The number of nitrogens with two attached hydrogens (primary N) is 1. The van der Waals surface area contributed by atoms with Crippen molar-refractivity contribution in [3.05, 3.63) is 41.5 Å². The summed E-state index contributed by atoms with van der Waals surface area (Å²) in [6, 6.07) is 7.30. The molecule has 3 aromatic rings. The molecule has 0 aliphatic heterocycles. The summed E-state index contributed by atoms with van der Waals surface area (Å²) < 4.78 is 0. The Morgan fingerprint density at radius 2 is 2.24 bits per heavy atom. The summed E-state index contributed by atoms with van der Waals surface area (Å²) in [5.41, 5.74) is 9.57. The fourth-order valence-electron chi connectivity index (χ4n) is 2.06. The zero-order valence-corrected chi connectivity index (χ0v) is 12.6. The maximum absolute atomic E-state index is 12.0. The molecule has 2 heterocycles. The molecule has 0 fully saturated rings. The van der Waals surface area contributed by atoms with Crippen molar-refractivity contribution >= 4 is 45.7 Å². The molecule has 2 aromatic heterocycles. The molecule has 6 nitrogen and oxygen atoms in total. The lowest BCUT2D eigenvalue weighted by Crippen LogP contribution is -2.37. The number of nitrogens with zero attached hydrogens (tertiary/aromatic N) is 2. The summed E-state index contributed by atoms with van der Waals surface area (Å²) in [6.45, 7) is 0. The first-order valence-corrected chi connectivity index (χ1v) is 6.99. The summed E-state index contributed by atoms with van der Waals surface area (Å²) in [7, 11) is 0. The number of H-pyrrole nitrogens is 1. The van der Waals surface area contributed by atoms with Crippen LogP contribution in [0.3, 0.4) is 0 Å². The molecule has 0 unspecified atom stereocenters. The number of hydrogen-bond donors (Lipinski definition) is 3. The van der Waals surface area contributed by atoms with Crippen LogP contribution in [-0.2, 0) is 11.2 Å². The number of anilines is 1. The van der Waals surface area contributed by atoms with Gasteiger partial charge in [-0.2, -0.15) is 0 Å². The van der Waals surface area contributed by atoms with Gasteiger partial charge in [0.2, 0.25) is 11.0 Å². The average Bonchev–Trinajstić information content (AvgIpc) is 3.09. The smallest absolute Gasteiger partial charge is 0.243 e. The Balaban J connectivity index is 0.00000161. The molecule has 0 spiro atoms. The van der Waals surface area contributed by atoms with E-state index in [0.29, 0.717) is 11.6 Å². The second kappa shape index (κ2) is 6.66. The van der Waals surface area contributed by atoms with Gasteiger partial charge in [-0.05, 0) is 18.1 Å². The number of benzene rings is 1. The standard InChI is InChI=1S/C13H13N5OS.ClH/c14-10(12(19)17-13-18-16-7-20-13)5-8-6-15-11-4-2-1-3-9(8)11;/h1-4,6-7,10,15H,5,14H2,(H,17,18,19);1H/t10-;/m1./s1. The van der Waals surface area contributed by atoms with Crippen molar-refractivity contribution in [3.8, 4) is 0 Å². The molecule has 0 saturated carbocycles. The third-order valence-corrected chi connectivity index (χ3v) is 3.65. The lowest BCUT2D eigenvalue weighted by molar-refractivity contribution is -0.117. The van der Waals surface area contributed by atoms with Crippen LogP contribution < -0.4 is 11.1 Å². The van der Waals surface area contributed by atoms with Gasteiger partial charge >= 0.3 is 0 Å². The molecule has 1 atom stereocenters. The Morgan fingerprint density at radius 3 is 3.00 bits per heavy atom. The van der Waals surface area contributed by atoms with E-state index in [1.54, 1.807) is 5.51 Å². The van der Waals surface area contributed by atoms with E-state index >= 15 is 0 Å². The SMILES string of the molecule is Cl.N[C@H](Cc1c[nH]c2ccccc12)C(=O)Nc1nncs1. The highest BCUT2D eigenvalue weighted by atomic mass is 35.5. The molecular weight excluding hydrogens is 310 g/mol. The molecular formula is C13H14ClN5OS. The average molecular weight is 324 g/mol. The number of fused-ring (bicyclic) bond motifs is 1. The topological polar surface area (TPSA) is 96.7 Å². The largest absolute Gasteiger partial charge is 0.361 e. The molecule has 1 amide bonds. The quantitative estimate of drug-likeness (QED) is 0.683.